The van der Waals surface area contributed by atoms with Gasteiger partial charge in [-0.05, 0) is 41.9 Å². The molecule has 1 N–H and O–H groups in total. The summed E-state index contributed by atoms with van der Waals surface area (Å²) in [6.45, 7) is 0. The molecular formula is C10H13BrN2O. The van der Waals surface area contributed by atoms with Crippen LogP contribution in [0.2, 0.25) is 0 Å². The Morgan fingerprint density at radius 2 is 2.29 bits per heavy atom. The maximum absolute atomic E-state index is 5.26. The number of aromatic nitrogens is 1. The van der Waals surface area contributed by atoms with E-state index in [1.165, 1.54) is 0 Å². The summed E-state index contributed by atoms with van der Waals surface area (Å²) in [6, 6.07) is 2.08. The van der Waals surface area contributed by atoms with Crippen LogP contribution >= 0.6 is 15.9 Å². The molecule has 1 aromatic heterocycles. The predicted octanol–water partition coefficient (Wildman–Crippen LogP) is 2.06. The third kappa shape index (κ3) is 1.53. The third-order valence-corrected chi connectivity index (χ3v) is 3.19. The average Bonchev–Trinajstić information content (AvgIpc) is 2.98. The fourth-order valence-electron chi connectivity index (χ4n) is 1.71. The highest BCUT2D eigenvalue weighted by atomic mass is 79.9. The van der Waals surface area contributed by atoms with Crippen molar-refractivity contribution in [3.8, 4) is 5.88 Å². The van der Waals surface area contributed by atoms with Gasteiger partial charge in [0.15, 0.2) is 0 Å². The smallest absolute Gasteiger partial charge is 0.218 e. The minimum absolute atomic E-state index is 0.0993. The van der Waals surface area contributed by atoms with E-state index in [1.54, 1.807) is 13.3 Å². The lowest BCUT2D eigenvalue weighted by Gasteiger charge is -2.17. The van der Waals surface area contributed by atoms with Gasteiger partial charge in [-0.2, -0.15) is 0 Å². The summed E-state index contributed by atoms with van der Waals surface area (Å²) in [5.41, 5.74) is 1.25. The second-order valence-electron chi connectivity index (χ2n) is 3.54. The molecule has 1 heterocycles. The van der Waals surface area contributed by atoms with Gasteiger partial charge in [-0.25, -0.2) is 4.98 Å². The monoisotopic (exact) mass is 256 g/mol. The second-order valence-corrected chi connectivity index (χ2v) is 4.46. The van der Waals surface area contributed by atoms with Crippen LogP contribution in [0.25, 0.3) is 0 Å². The molecule has 76 valence electrons. The molecule has 0 aromatic carbocycles. The fourth-order valence-corrected chi connectivity index (χ4v) is 2.04. The largest absolute Gasteiger partial charge is 0.481 e. The lowest BCUT2D eigenvalue weighted by molar-refractivity contribution is 0.382. The molecule has 1 saturated carbocycles. The molecule has 0 bridgehead atoms. The topological polar surface area (TPSA) is 34.2 Å². The van der Waals surface area contributed by atoms with Crippen molar-refractivity contribution in [3.05, 3.63) is 22.3 Å². The lowest BCUT2D eigenvalue weighted by atomic mass is 10.1. The predicted molar refractivity (Wildman–Crippen MR) is 58.5 cm³/mol. The Kier molecular flexibility index (Phi) is 2.49. The second kappa shape index (κ2) is 3.51. The van der Waals surface area contributed by atoms with E-state index in [0.717, 1.165) is 28.8 Å². The number of nitrogens with zero attached hydrogens (tertiary/aromatic N) is 1. The van der Waals surface area contributed by atoms with Crippen LogP contribution in [-0.4, -0.2) is 19.1 Å². The quantitative estimate of drug-likeness (QED) is 0.899. The number of ether oxygens (including phenoxy) is 1. The zero-order chi connectivity index (χ0) is 10.2. The minimum Gasteiger partial charge on any atom is -0.481 e. The van der Waals surface area contributed by atoms with Crippen molar-refractivity contribution in [3.63, 3.8) is 0 Å². The van der Waals surface area contributed by atoms with E-state index in [2.05, 4.69) is 32.3 Å². The standard InChI is InChI=1S/C10H13BrN2O/c1-12-10(3-4-10)8-5-7(11)6-13-9(8)14-2/h5-6,12H,3-4H2,1-2H3. The molecule has 4 heteroatoms. The van der Waals surface area contributed by atoms with Crippen LogP contribution < -0.4 is 10.1 Å². The zero-order valence-electron chi connectivity index (χ0n) is 8.30. The molecule has 3 nitrogen and oxygen atoms in total. The zero-order valence-corrected chi connectivity index (χ0v) is 9.89. The van der Waals surface area contributed by atoms with Crippen LogP contribution in [-0.2, 0) is 5.54 Å². The molecule has 1 aromatic rings. The van der Waals surface area contributed by atoms with Gasteiger partial charge in [0.2, 0.25) is 5.88 Å². The summed E-state index contributed by atoms with van der Waals surface area (Å²) in [5.74, 6) is 0.722. The summed E-state index contributed by atoms with van der Waals surface area (Å²) in [6.07, 6.45) is 4.06. The Labute approximate surface area is 92.0 Å². The Bertz CT molecular complexity index is 350. The third-order valence-electron chi connectivity index (χ3n) is 2.76. The van der Waals surface area contributed by atoms with Crippen LogP contribution in [0, 0.1) is 0 Å². The fraction of sp³-hybridized carbons (Fsp3) is 0.500. The molecule has 0 aliphatic heterocycles. The van der Waals surface area contributed by atoms with Crippen molar-refractivity contribution in [2.24, 2.45) is 0 Å². The number of hydrogen-bond acceptors (Lipinski definition) is 3. The Balaban J connectivity index is 2.44. The van der Waals surface area contributed by atoms with Gasteiger partial charge in [-0.15, -0.1) is 0 Å². The van der Waals surface area contributed by atoms with Crippen molar-refractivity contribution < 1.29 is 4.74 Å². The first-order valence-corrected chi connectivity index (χ1v) is 5.40. The molecule has 1 aliphatic carbocycles. The number of hydrogen-bond donors (Lipinski definition) is 1. The van der Waals surface area contributed by atoms with Gasteiger partial charge in [0, 0.05) is 21.8 Å². The van der Waals surface area contributed by atoms with Gasteiger partial charge in [-0.1, -0.05) is 0 Å². The van der Waals surface area contributed by atoms with Crippen LogP contribution in [0.4, 0.5) is 0 Å². The Morgan fingerprint density at radius 3 is 2.79 bits per heavy atom. The molecule has 0 amide bonds. The Morgan fingerprint density at radius 1 is 1.57 bits per heavy atom. The van der Waals surface area contributed by atoms with Crippen molar-refractivity contribution >= 4 is 15.9 Å². The average molecular weight is 257 g/mol. The molecule has 0 atom stereocenters. The lowest BCUT2D eigenvalue weighted by Crippen LogP contribution is -2.25. The van der Waals surface area contributed by atoms with E-state index in [0.29, 0.717) is 0 Å². The molecule has 0 spiro atoms. The van der Waals surface area contributed by atoms with Gasteiger partial charge in [0.1, 0.15) is 0 Å². The van der Waals surface area contributed by atoms with Gasteiger partial charge in [-0.3, -0.25) is 0 Å². The van der Waals surface area contributed by atoms with Gasteiger partial charge >= 0.3 is 0 Å². The molecule has 1 fully saturated rings. The first-order valence-electron chi connectivity index (χ1n) is 4.61. The van der Waals surface area contributed by atoms with Gasteiger partial charge in [0.05, 0.1) is 7.11 Å². The molecule has 14 heavy (non-hydrogen) atoms. The summed E-state index contributed by atoms with van der Waals surface area (Å²) >= 11 is 3.43. The number of methoxy groups -OCH3 is 1. The van der Waals surface area contributed by atoms with E-state index >= 15 is 0 Å². The number of pyridine rings is 1. The normalized spacial score (nSPS) is 17.9. The van der Waals surface area contributed by atoms with E-state index in [-0.39, 0.29) is 5.54 Å². The van der Waals surface area contributed by atoms with Crippen molar-refractivity contribution in [1.82, 2.24) is 10.3 Å². The maximum atomic E-state index is 5.26. The van der Waals surface area contributed by atoms with Crippen LogP contribution in [0.5, 0.6) is 5.88 Å². The SMILES string of the molecule is CNC1(c2cc(Br)cnc2OC)CC1. The van der Waals surface area contributed by atoms with Crippen LogP contribution in [0.15, 0.2) is 16.7 Å². The molecule has 2 rings (SSSR count). The summed E-state index contributed by atoms with van der Waals surface area (Å²) in [7, 11) is 3.64. The van der Waals surface area contributed by atoms with Gasteiger partial charge < -0.3 is 10.1 Å². The molecule has 0 radical (unpaired) electrons. The molecule has 1 aliphatic rings. The highest BCUT2D eigenvalue weighted by Crippen LogP contribution is 2.48. The highest BCUT2D eigenvalue weighted by molar-refractivity contribution is 9.10. The first-order chi connectivity index (χ1) is 6.72. The molecule has 0 saturated heterocycles. The molecular weight excluding hydrogens is 244 g/mol. The van der Waals surface area contributed by atoms with Crippen molar-refractivity contribution in [2.75, 3.05) is 14.2 Å². The van der Waals surface area contributed by atoms with E-state index in [4.69, 9.17) is 4.74 Å². The maximum Gasteiger partial charge on any atom is 0.218 e. The van der Waals surface area contributed by atoms with Crippen molar-refractivity contribution in [1.29, 1.82) is 0 Å². The van der Waals surface area contributed by atoms with Crippen LogP contribution in [0.3, 0.4) is 0 Å². The number of nitrogens with one attached hydrogen (secondary N) is 1. The number of rotatable bonds is 3. The molecule has 0 unspecified atom stereocenters. The van der Waals surface area contributed by atoms with E-state index < -0.39 is 0 Å². The first kappa shape index (κ1) is 9.93. The van der Waals surface area contributed by atoms with E-state index in [9.17, 15) is 0 Å². The van der Waals surface area contributed by atoms with Crippen LogP contribution in [0.1, 0.15) is 18.4 Å². The number of halogens is 1. The van der Waals surface area contributed by atoms with E-state index in [1.807, 2.05) is 7.05 Å². The Hall–Kier alpha value is -0.610. The summed E-state index contributed by atoms with van der Waals surface area (Å²) in [4.78, 5) is 4.24. The highest BCUT2D eigenvalue weighted by Gasteiger charge is 2.45. The minimum atomic E-state index is 0.0993. The summed E-state index contributed by atoms with van der Waals surface area (Å²) in [5, 5.41) is 3.33. The van der Waals surface area contributed by atoms with Gasteiger partial charge in [0.25, 0.3) is 0 Å². The van der Waals surface area contributed by atoms with Crippen molar-refractivity contribution in [2.45, 2.75) is 18.4 Å². The summed E-state index contributed by atoms with van der Waals surface area (Å²) < 4.78 is 6.25.